The normalized spacial score (nSPS) is 25.0. The van der Waals surface area contributed by atoms with Crippen molar-refractivity contribution >= 4 is 17.7 Å². The lowest BCUT2D eigenvalue weighted by Crippen LogP contribution is -2.45. The number of ether oxygens (including phenoxy) is 1. The third kappa shape index (κ3) is 2.88. The van der Waals surface area contributed by atoms with Crippen LogP contribution < -0.4 is 4.74 Å². The number of aryl methyl sites for hydroxylation is 1. The number of carbonyl (C=O) groups is 3. The summed E-state index contributed by atoms with van der Waals surface area (Å²) in [6, 6.07) is 4.65. The molecule has 6 nitrogen and oxygen atoms in total. The highest BCUT2D eigenvalue weighted by molar-refractivity contribution is 6.00. The molecule has 128 valence electrons. The maximum atomic E-state index is 12.6. The second-order valence-corrected chi connectivity index (χ2v) is 6.74. The van der Waals surface area contributed by atoms with E-state index in [-0.39, 0.29) is 31.1 Å². The Labute approximate surface area is 140 Å². The van der Waals surface area contributed by atoms with E-state index in [0.717, 1.165) is 5.56 Å². The fourth-order valence-corrected chi connectivity index (χ4v) is 3.48. The van der Waals surface area contributed by atoms with Crippen molar-refractivity contribution in [1.29, 1.82) is 0 Å². The van der Waals surface area contributed by atoms with Crippen LogP contribution in [-0.4, -0.2) is 45.9 Å². The Bertz CT molecular complexity index is 713. The van der Waals surface area contributed by atoms with Crippen LogP contribution in [0.2, 0.25) is 0 Å². The molecule has 1 fully saturated rings. The van der Waals surface area contributed by atoms with Gasteiger partial charge in [0.1, 0.15) is 17.4 Å². The highest BCUT2D eigenvalue weighted by atomic mass is 16.5. The number of fused-ring (bicyclic) bond motifs is 1. The van der Waals surface area contributed by atoms with Gasteiger partial charge in [-0.25, -0.2) is 4.79 Å². The van der Waals surface area contributed by atoms with Crippen LogP contribution in [0.1, 0.15) is 48.5 Å². The van der Waals surface area contributed by atoms with Crippen LogP contribution in [0.15, 0.2) is 18.2 Å². The molecule has 0 bridgehead atoms. The molecule has 0 saturated carbocycles. The summed E-state index contributed by atoms with van der Waals surface area (Å²) in [7, 11) is 0. The van der Waals surface area contributed by atoms with E-state index < -0.39 is 17.6 Å². The SMILES string of the molecule is Cc1ccc2c(c1)C(=O)C[C@@]1(CCC(=O)N([C@@H](C)C(=O)O)CC1)O2. The minimum atomic E-state index is -1.03. The van der Waals surface area contributed by atoms with Gasteiger partial charge in [0.2, 0.25) is 5.91 Å². The summed E-state index contributed by atoms with van der Waals surface area (Å²) in [4.78, 5) is 37.4. The van der Waals surface area contributed by atoms with Crippen molar-refractivity contribution in [2.24, 2.45) is 0 Å². The van der Waals surface area contributed by atoms with Gasteiger partial charge in [0.05, 0.1) is 12.0 Å². The van der Waals surface area contributed by atoms with Gasteiger partial charge in [0.25, 0.3) is 0 Å². The summed E-state index contributed by atoms with van der Waals surface area (Å²) in [6.07, 6.45) is 1.29. The van der Waals surface area contributed by atoms with Gasteiger partial charge in [0.15, 0.2) is 5.78 Å². The third-order valence-electron chi connectivity index (χ3n) is 4.99. The molecule has 1 amide bonds. The highest BCUT2D eigenvalue weighted by Gasteiger charge is 2.44. The fraction of sp³-hybridized carbons (Fsp3) is 0.500. The topological polar surface area (TPSA) is 83.9 Å². The minimum Gasteiger partial charge on any atom is -0.486 e. The molecule has 2 atom stereocenters. The zero-order valence-corrected chi connectivity index (χ0v) is 13.9. The number of amides is 1. The molecule has 2 aliphatic rings. The first kappa shape index (κ1) is 16.5. The predicted octanol–water partition coefficient (Wildman–Crippen LogP) is 2.18. The Balaban J connectivity index is 1.85. The number of hydrogen-bond donors (Lipinski definition) is 1. The number of rotatable bonds is 2. The van der Waals surface area contributed by atoms with E-state index in [1.54, 1.807) is 6.07 Å². The second kappa shape index (κ2) is 5.92. The minimum absolute atomic E-state index is 0.0205. The first-order chi connectivity index (χ1) is 11.3. The number of hydrogen-bond acceptors (Lipinski definition) is 4. The highest BCUT2D eigenvalue weighted by Crippen LogP contribution is 2.40. The summed E-state index contributed by atoms with van der Waals surface area (Å²) < 4.78 is 6.16. The van der Waals surface area contributed by atoms with Crippen LogP contribution in [0, 0.1) is 6.92 Å². The van der Waals surface area contributed by atoms with Crippen LogP contribution in [0.3, 0.4) is 0 Å². The smallest absolute Gasteiger partial charge is 0.326 e. The summed E-state index contributed by atoms with van der Waals surface area (Å²) in [6.45, 7) is 3.71. The molecule has 0 aromatic heterocycles. The van der Waals surface area contributed by atoms with E-state index in [4.69, 9.17) is 9.84 Å². The molecule has 2 heterocycles. The Morgan fingerprint density at radius 2 is 2.08 bits per heavy atom. The molecular weight excluding hydrogens is 310 g/mol. The van der Waals surface area contributed by atoms with Gasteiger partial charge in [-0.15, -0.1) is 0 Å². The van der Waals surface area contributed by atoms with Crippen molar-refractivity contribution < 1.29 is 24.2 Å². The van der Waals surface area contributed by atoms with Crippen molar-refractivity contribution in [2.45, 2.75) is 51.2 Å². The molecular formula is C18H21NO5. The summed E-state index contributed by atoms with van der Waals surface area (Å²) in [5.74, 6) is -0.649. The zero-order chi connectivity index (χ0) is 17.5. The quantitative estimate of drug-likeness (QED) is 0.898. The van der Waals surface area contributed by atoms with Crippen LogP contribution in [0.5, 0.6) is 5.75 Å². The first-order valence-electron chi connectivity index (χ1n) is 8.16. The van der Waals surface area contributed by atoms with Gasteiger partial charge in [0, 0.05) is 19.4 Å². The van der Waals surface area contributed by atoms with Gasteiger partial charge in [-0.3, -0.25) is 9.59 Å². The molecule has 24 heavy (non-hydrogen) atoms. The molecule has 1 N–H and O–H groups in total. The number of carboxylic acid groups (broad SMARTS) is 1. The molecule has 0 unspecified atom stereocenters. The van der Waals surface area contributed by atoms with E-state index in [9.17, 15) is 14.4 Å². The number of Topliss-reactive ketones (excluding diaryl/α,β-unsaturated/α-hetero) is 1. The molecule has 0 radical (unpaired) electrons. The monoisotopic (exact) mass is 331 g/mol. The third-order valence-corrected chi connectivity index (χ3v) is 4.99. The molecule has 3 rings (SSSR count). The number of carbonyl (C=O) groups excluding carboxylic acids is 2. The largest absolute Gasteiger partial charge is 0.486 e. The fourth-order valence-electron chi connectivity index (χ4n) is 3.48. The molecule has 1 spiro atoms. The lowest BCUT2D eigenvalue weighted by molar-refractivity contribution is -0.149. The van der Waals surface area contributed by atoms with E-state index in [1.807, 2.05) is 19.1 Å². The van der Waals surface area contributed by atoms with E-state index in [1.165, 1.54) is 11.8 Å². The Morgan fingerprint density at radius 3 is 2.79 bits per heavy atom. The maximum absolute atomic E-state index is 12.6. The number of nitrogens with zero attached hydrogens (tertiary/aromatic N) is 1. The van der Waals surface area contributed by atoms with Crippen LogP contribution in [0.25, 0.3) is 0 Å². The number of carboxylic acids is 1. The number of benzene rings is 1. The number of ketones is 1. The van der Waals surface area contributed by atoms with Crippen molar-refractivity contribution in [3.63, 3.8) is 0 Å². The summed E-state index contributed by atoms with van der Waals surface area (Å²) in [5, 5.41) is 9.16. The first-order valence-corrected chi connectivity index (χ1v) is 8.16. The zero-order valence-electron chi connectivity index (χ0n) is 13.9. The van der Waals surface area contributed by atoms with Crippen LogP contribution >= 0.6 is 0 Å². The maximum Gasteiger partial charge on any atom is 0.326 e. The van der Waals surface area contributed by atoms with Crippen molar-refractivity contribution in [3.05, 3.63) is 29.3 Å². The van der Waals surface area contributed by atoms with Crippen LogP contribution in [-0.2, 0) is 9.59 Å². The van der Waals surface area contributed by atoms with Crippen molar-refractivity contribution in [1.82, 2.24) is 4.90 Å². The summed E-state index contributed by atoms with van der Waals surface area (Å²) >= 11 is 0. The van der Waals surface area contributed by atoms with Gasteiger partial charge >= 0.3 is 5.97 Å². The van der Waals surface area contributed by atoms with Crippen molar-refractivity contribution in [2.75, 3.05) is 6.54 Å². The second-order valence-electron chi connectivity index (χ2n) is 6.74. The van der Waals surface area contributed by atoms with Gasteiger partial charge in [-0.1, -0.05) is 11.6 Å². The molecule has 1 aromatic carbocycles. The standard InChI is InChI=1S/C18H21NO5/c1-11-3-4-15-13(9-11)14(20)10-18(24-15)6-5-16(21)19(8-7-18)12(2)17(22)23/h3-4,9,12H,5-8,10H2,1-2H3,(H,22,23)/t12-,18-/m0/s1. The Hall–Kier alpha value is -2.37. The summed E-state index contributed by atoms with van der Waals surface area (Å²) in [5.41, 5.74) is 0.869. The number of aliphatic carboxylic acids is 1. The van der Waals surface area contributed by atoms with E-state index in [0.29, 0.717) is 24.2 Å². The lowest BCUT2D eigenvalue weighted by Gasteiger charge is -2.37. The lowest BCUT2D eigenvalue weighted by atomic mass is 9.84. The van der Waals surface area contributed by atoms with E-state index in [2.05, 4.69) is 0 Å². The Morgan fingerprint density at radius 1 is 1.33 bits per heavy atom. The molecule has 6 heteroatoms. The van der Waals surface area contributed by atoms with Gasteiger partial charge in [-0.05, 0) is 32.4 Å². The predicted molar refractivity (Wildman–Crippen MR) is 86.1 cm³/mol. The molecule has 1 saturated heterocycles. The average Bonchev–Trinajstić information content (AvgIpc) is 2.68. The van der Waals surface area contributed by atoms with Gasteiger partial charge < -0.3 is 14.7 Å². The number of likely N-dealkylation sites (tertiary alicyclic amines) is 1. The molecule has 1 aromatic rings. The molecule has 2 aliphatic heterocycles. The molecule has 0 aliphatic carbocycles. The average molecular weight is 331 g/mol. The van der Waals surface area contributed by atoms with Crippen LogP contribution in [0.4, 0.5) is 0 Å². The van der Waals surface area contributed by atoms with E-state index >= 15 is 0 Å². The van der Waals surface area contributed by atoms with Crippen molar-refractivity contribution in [3.8, 4) is 5.75 Å². The Kier molecular flexibility index (Phi) is 4.07. The van der Waals surface area contributed by atoms with Gasteiger partial charge in [-0.2, -0.15) is 0 Å².